The van der Waals surface area contributed by atoms with E-state index < -0.39 is 0 Å². The number of aryl methyl sites for hydroxylation is 1. The molecular weight excluding hydrogens is 304 g/mol. The molecule has 0 atom stereocenters. The Bertz CT molecular complexity index is 965. The van der Waals surface area contributed by atoms with Crippen LogP contribution in [0, 0.1) is 6.92 Å². The smallest absolute Gasteiger partial charge is 0.0804 e. The number of halogens is 1. The van der Waals surface area contributed by atoms with Crippen LogP contribution in [0.5, 0.6) is 0 Å². The first-order valence-corrected chi connectivity index (χ1v) is 7.42. The standard InChI is InChI=1S/C20H16N2.ClH/c1-14-13-19(22-16-8-3-2-4-9-16)18-12-11-15-7-5-6-10-17(15)20(18)21-14;/h2-13H,1H3,(H,21,22);1H/p-1. The summed E-state index contributed by atoms with van der Waals surface area (Å²) in [6, 6.07) is 25.0. The molecule has 0 unspecified atom stereocenters. The Morgan fingerprint density at radius 2 is 1.52 bits per heavy atom. The zero-order chi connectivity index (χ0) is 14.9. The zero-order valence-electron chi connectivity index (χ0n) is 12.8. The van der Waals surface area contributed by atoms with E-state index in [4.69, 9.17) is 4.98 Å². The van der Waals surface area contributed by atoms with Crippen molar-refractivity contribution in [2.75, 3.05) is 5.32 Å². The molecule has 4 aromatic rings. The minimum Gasteiger partial charge on any atom is -1.00 e. The second kappa shape index (κ2) is 6.27. The Balaban J connectivity index is 0.00000156. The van der Waals surface area contributed by atoms with Crippen LogP contribution >= 0.6 is 0 Å². The van der Waals surface area contributed by atoms with E-state index in [0.29, 0.717) is 0 Å². The van der Waals surface area contributed by atoms with Crippen LogP contribution in [0.25, 0.3) is 21.7 Å². The molecule has 3 aromatic carbocycles. The molecule has 0 aliphatic carbocycles. The molecule has 2 nitrogen and oxygen atoms in total. The summed E-state index contributed by atoms with van der Waals surface area (Å²) in [6.45, 7) is 2.04. The Morgan fingerprint density at radius 3 is 2.35 bits per heavy atom. The number of nitrogens with zero attached hydrogens (tertiary/aromatic N) is 1. The molecule has 23 heavy (non-hydrogen) atoms. The summed E-state index contributed by atoms with van der Waals surface area (Å²) in [4.78, 5) is 4.77. The maximum Gasteiger partial charge on any atom is 0.0804 e. The van der Waals surface area contributed by atoms with Crippen molar-refractivity contribution < 1.29 is 12.4 Å². The van der Waals surface area contributed by atoms with Crippen molar-refractivity contribution in [2.45, 2.75) is 6.92 Å². The second-order valence-electron chi connectivity index (χ2n) is 5.49. The maximum atomic E-state index is 4.77. The van der Waals surface area contributed by atoms with Gasteiger partial charge in [-0.3, -0.25) is 4.98 Å². The minimum absolute atomic E-state index is 0. The Hall–Kier alpha value is -2.58. The molecular formula is C20H16ClN2-. The van der Waals surface area contributed by atoms with E-state index in [-0.39, 0.29) is 12.4 Å². The summed E-state index contributed by atoms with van der Waals surface area (Å²) in [5, 5.41) is 7.07. The van der Waals surface area contributed by atoms with E-state index in [1.54, 1.807) is 0 Å². The minimum atomic E-state index is 0. The van der Waals surface area contributed by atoms with Gasteiger partial charge in [0.15, 0.2) is 0 Å². The monoisotopic (exact) mass is 319 g/mol. The molecule has 0 saturated carbocycles. The van der Waals surface area contributed by atoms with Crippen LogP contribution in [-0.2, 0) is 0 Å². The second-order valence-corrected chi connectivity index (χ2v) is 5.49. The predicted molar refractivity (Wildman–Crippen MR) is 93.7 cm³/mol. The van der Waals surface area contributed by atoms with Crippen LogP contribution in [-0.4, -0.2) is 4.98 Å². The number of fused-ring (bicyclic) bond motifs is 3. The fourth-order valence-electron chi connectivity index (χ4n) is 2.87. The average Bonchev–Trinajstić information content (AvgIpc) is 2.55. The van der Waals surface area contributed by atoms with Crippen LogP contribution in [0.3, 0.4) is 0 Å². The van der Waals surface area contributed by atoms with E-state index in [1.165, 1.54) is 10.8 Å². The number of anilines is 2. The first-order valence-electron chi connectivity index (χ1n) is 7.42. The van der Waals surface area contributed by atoms with Crippen LogP contribution < -0.4 is 17.7 Å². The predicted octanol–water partition coefficient (Wildman–Crippen LogP) is 2.44. The topological polar surface area (TPSA) is 24.9 Å². The number of aromatic nitrogens is 1. The van der Waals surface area contributed by atoms with Crippen molar-refractivity contribution in [3.8, 4) is 0 Å². The normalized spacial score (nSPS) is 10.5. The first kappa shape index (κ1) is 15.3. The van der Waals surface area contributed by atoms with Crippen LogP contribution in [0.1, 0.15) is 5.69 Å². The molecule has 1 heterocycles. The fraction of sp³-hybridized carbons (Fsp3) is 0.0500. The Morgan fingerprint density at radius 1 is 0.783 bits per heavy atom. The van der Waals surface area contributed by atoms with Crippen molar-refractivity contribution in [1.82, 2.24) is 4.98 Å². The Kier molecular flexibility index (Phi) is 4.18. The first-order chi connectivity index (χ1) is 10.8. The third kappa shape index (κ3) is 2.86. The number of para-hydroxylation sites is 1. The highest BCUT2D eigenvalue weighted by atomic mass is 35.5. The SMILES string of the molecule is Cc1cc(Nc2ccccc2)c2ccc3ccccc3c2n1.[Cl-]. The molecule has 0 fully saturated rings. The number of hydrogen-bond acceptors (Lipinski definition) is 2. The average molecular weight is 320 g/mol. The lowest BCUT2D eigenvalue weighted by atomic mass is 10.0. The third-order valence-corrected chi connectivity index (χ3v) is 3.88. The van der Waals surface area contributed by atoms with Gasteiger partial charge in [-0.2, -0.15) is 0 Å². The number of hydrogen-bond donors (Lipinski definition) is 1. The van der Waals surface area contributed by atoms with Crippen molar-refractivity contribution in [3.63, 3.8) is 0 Å². The van der Waals surface area contributed by atoms with Crippen molar-refractivity contribution in [3.05, 3.63) is 78.5 Å². The van der Waals surface area contributed by atoms with Crippen LogP contribution in [0.2, 0.25) is 0 Å². The van der Waals surface area contributed by atoms with Gasteiger partial charge in [0.1, 0.15) is 0 Å². The number of nitrogens with one attached hydrogen (secondary N) is 1. The van der Waals surface area contributed by atoms with Crippen molar-refractivity contribution in [2.24, 2.45) is 0 Å². The number of benzene rings is 3. The fourth-order valence-corrected chi connectivity index (χ4v) is 2.87. The van der Waals surface area contributed by atoms with E-state index in [1.807, 2.05) is 25.1 Å². The summed E-state index contributed by atoms with van der Waals surface area (Å²) in [5.41, 5.74) is 4.25. The van der Waals surface area contributed by atoms with Gasteiger partial charge in [-0.05, 0) is 30.5 Å². The van der Waals surface area contributed by atoms with E-state index in [9.17, 15) is 0 Å². The van der Waals surface area contributed by atoms with Gasteiger partial charge in [-0.1, -0.05) is 54.6 Å². The number of pyridine rings is 1. The Labute approximate surface area is 141 Å². The van der Waals surface area contributed by atoms with Gasteiger partial charge in [-0.25, -0.2) is 0 Å². The molecule has 1 aromatic heterocycles. The van der Waals surface area contributed by atoms with Gasteiger partial charge >= 0.3 is 0 Å². The summed E-state index contributed by atoms with van der Waals surface area (Å²) >= 11 is 0. The van der Waals surface area contributed by atoms with E-state index in [0.717, 1.165) is 28.0 Å². The highest BCUT2D eigenvalue weighted by Crippen LogP contribution is 2.31. The van der Waals surface area contributed by atoms with Crippen molar-refractivity contribution >= 4 is 33.1 Å². The lowest BCUT2D eigenvalue weighted by Crippen LogP contribution is -3.00. The molecule has 0 radical (unpaired) electrons. The maximum absolute atomic E-state index is 4.77. The van der Waals surface area contributed by atoms with Gasteiger partial charge in [-0.15, -0.1) is 0 Å². The van der Waals surface area contributed by atoms with E-state index >= 15 is 0 Å². The summed E-state index contributed by atoms with van der Waals surface area (Å²) < 4.78 is 0. The van der Waals surface area contributed by atoms with Crippen molar-refractivity contribution in [1.29, 1.82) is 0 Å². The molecule has 0 bridgehead atoms. The third-order valence-electron chi connectivity index (χ3n) is 3.88. The van der Waals surface area contributed by atoms with E-state index in [2.05, 4.69) is 59.9 Å². The molecule has 3 heteroatoms. The summed E-state index contributed by atoms with van der Waals surface area (Å²) in [7, 11) is 0. The van der Waals surface area contributed by atoms with Crippen LogP contribution in [0.4, 0.5) is 11.4 Å². The van der Waals surface area contributed by atoms with Crippen LogP contribution in [0.15, 0.2) is 72.8 Å². The molecule has 0 amide bonds. The van der Waals surface area contributed by atoms with Gasteiger partial charge in [0.25, 0.3) is 0 Å². The lowest BCUT2D eigenvalue weighted by molar-refractivity contribution is -0.00000436. The molecule has 4 rings (SSSR count). The van der Waals surface area contributed by atoms with Gasteiger partial charge in [0, 0.05) is 27.8 Å². The van der Waals surface area contributed by atoms with Gasteiger partial charge in [0.05, 0.1) is 5.52 Å². The zero-order valence-corrected chi connectivity index (χ0v) is 13.5. The summed E-state index contributed by atoms with van der Waals surface area (Å²) in [6.07, 6.45) is 0. The molecule has 0 aliphatic rings. The molecule has 0 aliphatic heterocycles. The number of rotatable bonds is 2. The lowest BCUT2D eigenvalue weighted by Gasteiger charge is -2.12. The highest BCUT2D eigenvalue weighted by Gasteiger charge is 2.07. The van der Waals surface area contributed by atoms with Gasteiger partial charge < -0.3 is 17.7 Å². The molecule has 114 valence electrons. The molecule has 0 spiro atoms. The highest BCUT2D eigenvalue weighted by molar-refractivity contribution is 6.09. The quantitative estimate of drug-likeness (QED) is 0.574. The van der Waals surface area contributed by atoms with Gasteiger partial charge in [0.2, 0.25) is 0 Å². The molecule has 0 saturated heterocycles. The summed E-state index contributed by atoms with van der Waals surface area (Å²) in [5.74, 6) is 0. The largest absolute Gasteiger partial charge is 1.00 e. The molecule has 1 N–H and O–H groups in total.